The van der Waals surface area contributed by atoms with Crippen molar-refractivity contribution in [1.82, 2.24) is 30.6 Å². The first-order valence-electron chi connectivity index (χ1n) is 11.4. The van der Waals surface area contributed by atoms with Gasteiger partial charge in [0.25, 0.3) is 0 Å². The standard InChI is InChI=1S/C22H31FN8/c23-18-13-25-22(31-20-8-1-2-9-24-19(20)14-27-31)29-21(18)28-17-7-5-6-16(12-17)26-15-30-10-3-4-11-30/h1-2,9,13-14,16-17,22,25-26H,3-8,10-12,15H2,(H,28,29)/t16-,17-,22?/m0/s1. The lowest BCUT2D eigenvalue weighted by atomic mass is 9.91. The minimum Gasteiger partial charge on any atom is -0.365 e. The summed E-state index contributed by atoms with van der Waals surface area (Å²) in [6, 6.07) is 0.673. The summed E-state index contributed by atoms with van der Waals surface area (Å²) in [6.07, 6.45) is 16.0. The molecule has 3 atom stereocenters. The Hall–Kier alpha value is -2.52. The number of allylic oxidation sites excluding steroid dienone is 2. The van der Waals surface area contributed by atoms with Crippen molar-refractivity contribution in [3.05, 3.63) is 36.1 Å². The van der Waals surface area contributed by atoms with E-state index in [1.165, 1.54) is 38.6 Å². The number of rotatable bonds is 5. The van der Waals surface area contributed by atoms with E-state index in [0.717, 1.165) is 37.3 Å². The molecule has 0 spiro atoms. The molecule has 3 N–H and O–H groups in total. The average molecular weight is 427 g/mol. The van der Waals surface area contributed by atoms with Crippen molar-refractivity contribution < 1.29 is 4.39 Å². The third kappa shape index (κ3) is 4.72. The van der Waals surface area contributed by atoms with E-state index in [1.807, 2.05) is 12.2 Å². The Morgan fingerprint density at radius 2 is 2.03 bits per heavy atom. The van der Waals surface area contributed by atoms with Gasteiger partial charge in [0.1, 0.15) is 5.69 Å². The SMILES string of the molecule is FC1=CNC(n2ncc3c2CC=CC=N3)N=C1N[C@H]1CCC[C@H](NCN2CCCC2)C1. The maximum absolute atomic E-state index is 14.6. The van der Waals surface area contributed by atoms with Gasteiger partial charge < -0.3 is 16.0 Å². The summed E-state index contributed by atoms with van der Waals surface area (Å²) < 4.78 is 16.4. The summed E-state index contributed by atoms with van der Waals surface area (Å²) in [7, 11) is 0. The van der Waals surface area contributed by atoms with Crippen LogP contribution in [0.2, 0.25) is 0 Å². The Labute approximate surface area is 182 Å². The van der Waals surface area contributed by atoms with E-state index in [2.05, 4.69) is 35.9 Å². The lowest BCUT2D eigenvalue weighted by molar-refractivity contribution is 0.250. The minimum absolute atomic E-state index is 0.212. The van der Waals surface area contributed by atoms with Crippen LogP contribution in [0, 0.1) is 0 Å². The second-order valence-electron chi connectivity index (χ2n) is 8.73. The highest BCUT2D eigenvalue weighted by atomic mass is 19.1. The summed E-state index contributed by atoms with van der Waals surface area (Å²) in [5.74, 6) is -0.0505. The molecular weight excluding hydrogens is 395 g/mol. The van der Waals surface area contributed by atoms with Crippen LogP contribution in [0.5, 0.6) is 0 Å². The molecule has 4 aliphatic rings. The van der Waals surface area contributed by atoms with Gasteiger partial charge in [-0.3, -0.25) is 9.89 Å². The average Bonchev–Trinajstić information content (AvgIpc) is 3.39. The molecule has 0 aromatic carbocycles. The number of nitrogens with zero attached hydrogens (tertiary/aromatic N) is 5. The summed E-state index contributed by atoms with van der Waals surface area (Å²) in [4.78, 5) is 11.5. The van der Waals surface area contributed by atoms with Gasteiger partial charge in [-0.05, 0) is 57.7 Å². The van der Waals surface area contributed by atoms with Crippen LogP contribution in [0.1, 0.15) is 50.5 Å². The van der Waals surface area contributed by atoms with Crippen LogP contribution in [0.25, 0.3) is 0 Å². The maximum atomic E-state index is 14.6. The second kappa shape index (κ2) is 9.32. The van der Waals surface area contributed by atoms with Crippen molar-refractivity contribution in [3.8, 4) is 0 Å². The highest BCUT2D eigenvalue weighted by molar-refractivity contribution is 5.97. The van der Waals surface area contributed by atoms with Crippen molar-refractivity contribution in [2.75, 3.05) is 19.8 Å². The number of amidine groups is 1. The molecule has 1 saturated heterocycles. The summed E-state index contributed by atoms with van der Waals surface area (Å²) in [5.41, 5.74) is 1.79. The zero-order chi connectivity index (χ0) is 21.0. The lowest BCUT2D eigenvalue weighted by Crippen LogP contribution is -2.47. The number of hydrogen-bond acceptors (Lipinski definition) is 7. The quantitative estimate of drug-likeness (QED) is 0.674. The predicted molar refractivity (Wildman–Crippen MR) is 120 cm³/mol. The molecular formula is C22H31FN8. The van der Waals surface area contributed by atoms with E-state index < -0.39 is 6.29 Å². The van der Waals surface area contributed by atoms with Gasteiger partial charge in [-0.15, -0.1) is 0 Å². The van der Waals surface area contributed by atoms with Gasteiger partial charge in [0.05, 0.1) is 11.9 Å². The molecule has 166 valence electrons. The Morgan fingerprint density at radius 1 is 1.16 bits per heavy atom. The van der Waals surface area contributed by atoms with Gasteiger partial charge in [-0.2, -0.15) is 5.10 Å². The van der Waals surface area contributed by atoms with Crippen LogP contribution in [0.4, 0.5) is 10.1 Å². The van der Waals surface area contributed by atoms with Crippen molar-refractivity contribution in [2.24, 2.45) is 9.98 Å². The van der Waals surface area contributed by atoms with Gasteiger partial charge in [-0.1, -0.05) is 6.08 Å². The zero-order valence-electron chi connectivity index (χ0n) is 17.8. The van der Waals surface area contributed by atoms with Crippen molar-refractivity contribution in [3.63, 3.8) is 0 Å². The molecule has 0 radical (unpaired) electrons. The minimum atomic E-state index is -0.486. The Bertz CT molecular complexity index is 895. The molecule has 4 heterocycles. The Balaban J connectivity index is 1.23. The fourth-order valence-corrected chi connectivity index (χ4v) is 4.83. The molecule has 1 saturated carbocycles. The van der Waals surface area contributed by atoms with E-state index in [-0.39, 0.29) is 11.9 Å². The smallest absolute Gasteiger partial charge is 0.217 e. The number of aromatic nitrogens is 2. The third-order valence-corrected chi connectivity index (χ3v) is 6.51. The zero-order valence-corrected chi connectivity index (χ0v) is 17.8. The number of nitrogens with one attached hydrogen (secondary N) is 3. The first kappa shape index (κ1) is 20.4. The largest absolute Gasteiger partial charge is 0.365 e. The molecule has 1 aromatic heterocycles. The number of hydrogen-bond donors (Lipinski definition) is 3. The van der Waals surface area contributed by atoms with Gasteiger partial charge in [0, 0.05) is 37.6 Å². The second-order valence-corrected chi connectivity index (χ2v) is 8.73. The van der Waals surface area contributed by atoms with Gasteiger partial charge >= 0.3 is 0 Å². The van der Waals surface area contributed by atoms with E-state index in [1.54, 1.807) is 17.1 Å². The van der Waals surface area contributed by atoms with Gasteiger partial charge in [0.2, 0.25) is 6.29 Å². The maximum Gasteiger partial charge on any atom is 0.217 e. The molecule has 2 fully saturated rings. The molecule has 5 rings (SSSR count). The summed E-state index contributed by atoms with van der Waals surface area (Å²) in [5, 5.41) is 14.5. The third-order valence-electron chi connectivity index (χ3n) is 6.51. The van der Waals surface area contributed by atoms with Gasteiger partial charge in [-0.25, -0.2) is 14.1 Å². The van der Waals surface area contributed by atoms with Crippen LogP contribution < -0.4 is 16.0 Å². The molecule has 3 aliphatic heterocycles. The molecule has 8 nitrogen and oxygen atoms in total. The lowest BCUT2D eigenvalue weighted by Gasteiger charge is -2.33. The van der Waals surface area contributed by atoms with Crippen LogP contribution in [0.15, 0.2) is 40.4 Å². The highest BCUT2D eigenvalue weighted by Crippen LogP contribution is 2.26. The normalized spacial score (nSPS) is 28.5. The monoisotopic (exact) mass is 426 g/mol. The van der Waals surface area contributed by atoms with Crippen LogP contribution in [-0.4, -0.2) is 58.6 Å². The summed E-state index contributed by atoms with van der Waals surface area (Å²) >= 11 is 0. The molecule has 1 aliphatic carbocycles. The number of aliphatic imine (C=N–C) groups is 2. The fraction of sp³-hybridized carbons (Fsp3) is 0.591. The first-order valence-corrected chi connectivity index (χ1v) is 11.4. The van der Waals surface area contributed by atoms with Crippen LogP contribution in [-0.2, 0) is 6.42 Å². The van der Waals surface area contributed by atoms with Crippen molar-refractivity contribution in [1.29, 1.82) is 0 Å². The molecule has 31 heavy (non-hydrogen) atoms. The topological polar surface area (TPSA) is 81.9 Å². The van der Waals surface area contributed by atoms with Crippen molar-refractivity contribution >= 4 is 17.7 Å². The molecule has 1 aromatic rings. The first-order chi connectivity index (χ1) is 15.3. The van der Waals surface area contributed by atoms with E-state index in [4.69, 9.17) is 0 Å². The van der Waals surface area contributed by atoms with Crippen LogP contribution in [0.3, 0.4) is 0 Å². The van der Waals surface area contributed by atoms with E-state index in [0.29, 0.717) is 18.3 Å². The molecule has 0 bridgehead atoms. The number of likely N-dealkylation sites (tertiary alicyclic amines) is 1. The summed E-state index contributed by atoms with van der Waals surface area (Å²) in [6.45, 7) is 3.35. The highest BCUT2D eigenvalue weighted by Gasteiger charge is 2.27. The molecule has 0 amide bonds. The van der Waals surface area contributed by atoms with Gasteiger partial charge in [0.15, 0.2) is 11.7 Å². The van der Waals surface area contributed by atoms with E-state index >= 15 is 0 Å². The number of halogens is 1. The predicted octanol–water partition coefficient (Wildman–Crippen LogP) is 2.51. The molecule has 1 unspecified atom stereocenters. The fourth-order valence-electron chi connectivity index (χ4n) is 4.83. The van der Waals surface area contributed by atoms with Crippen molar-refractivity contribution in [2.45, 2.75) is 63.3 Å². The van der Waals surface area contributed by atoms with E-state index in [9.17, 15) is 4.39 Å². The number of fused-ring (bicyclic) bond motifs is 1. The molecule has 9 heteroatoms. The van der Waals surface area contributed by atoms with Crippen LogP contribution >= 0.6 is 0 Å². The Morgan fingerprint density at radius 3 is 2.94 bits per heavy atom. The Kier molecular flexibility index (Phi) is 6.13.